The Morgan fingerprint density at radius 3 is 2.90 bits per heavy atom. The van der Waals surface area contributed by atoms with Crippen molar-refractivity contribution in [1.82, 2.24) is 24.7 Å². The average molecular weight is 317 g/mol. The first-order chi connectivity index (χ1) is 10.2. The van der Waals surface area contributed by atoms with Crippen molar-refractivity contribution in [3.63, 3.8) is 0 Å². The second kappa shape index (κ2) is 5.06. The van der Waals surface area contributed by atoms with E-state index in [0.717, 1.165) is 26.2 Å². The van der Waals surface area contributed by atoms with E-state index in [1.54, 1.807) is 29.4 Å². The van der Waals surface area contributed by atoms with Gasteiger partial charge in [0.15, 0.2) is 5.16 Å². The molecule has 0 aliphatic heterocycles. The first-order valence-corrected chi connectivity index (χ1v) is 8.74. The van der Waals surface area contributed by atoms with Crippen molar-refractivity contribution in [2.24, 2.45) is 0 Å². The van der Waals surface area contributed by atoms with Crippen LogP contribution in [0.15, 0.2) is 28.0 Å². The summed E-state index contributed by atoms with van der Waals surface area (Å²) in [5.74, 6) is 1.47. The van der Waals surface area contributed by atoms with Crippen LogP contribution in [0.25, 0.3) is 10.2 Å². The van der Waals surface area contributed by atoms with Crippen molar-refractivity contribution in [3.05, 3.63) is 23.6 Å². The lowest BCUT2D eigenvalue weighted by Gasteiger charge is -2.10. The van der Waals surface area contributed by atoms with Crippen molar-refractivity contribution < 1.29 is 0 Å². The predicted molar refractivity (Wildman–Crippen MR) is 83.9 cm³/mol. The lowest BCUT2D eigenvalue weighted by molar-refractivity contribution is 0.599. The molecule has 1 aliphatic carbocycles. The Morgan fingerprint density at radius 1 is 1.29 bits per heavy atom. The largest absolute Gasteiger partial charge is 0.302 e. The third-order valence-electron chi connectivity index (χ3n) is 3.52. The van der Waals surface area contributed by atoms with E-state index >= 15 is 0 Å². The van der Waals surface area contributed by atoms with E-state index in [1.807, 2.05) is 6.07 Å². The molecule has 0 bridgehead atoms. The fourth-order valence-electron chi connectivity index (χ4n) is 2.35. The van der Waals surface area contributed by atoms with Crippen molar-refractivity contribution in [3.8, 4) is 0 Å². The van der Waals surface area contributed by atoms with Gasteiger partial charge in [0.25, 0.3) is 0 Å². The van der Waals surface area contributed by atoms with Gasteiger partial charge in [-0.25, -0.2) is 9.97 Å². The predicted octanol–water partition coefficient (Wildman–Crippen LogP) is 3.89. The van der Waals surface area contributed by atoms with Crippen molar-refractivity contribution in [2.45, 2.75) is 48.8 Å². The molecule has 5 nitrogen and oxygen atoms in total. The summed E-state index contributed by atoms with van der Waals surface area (Å²) < 4.78 is 3.43. The quantitative estimate of drug-likeness (QED) is 0.683. The zero-order valence-corrected chi connectivity index (χ0v) is 13.5. The van der Waals surface area contributed by atoms with E-state index in [4.69, 9.17) is 0 Å². The van der Waals surface area contributed by atoms with Crippen molar-refractivity contribution in [2.75, 3.05) is 0 Å². The molecular weight excluding hydrogens is 302 g/mol. The minimum Gasteiger partial charge on any atom is -0.302 e. The van der Waals surface area contributed by atoms with Crippen LogP contribution in [0, 0.1) is 0 Å². The van der Waals surface area contributed by atoms with Gasteiger partial charge in [-0.15, -0.1) is 21.5 Å². The molecule has 108 valence electrons. The van der Waals surface area contributed by atoms with Crippen LogP contribution >= 0.6 is 23.1 Å². The number of thiophene rings is 1. The molecule has 4 rings (SSSR count). The highest BCUT2D eigenvalue weighted by molar-refractivity contribution is 7.99. The van der Waals surface area contributed by atoms with Crippen LogP contribution in [0.1, 0.15) is 44.5 Å². The van der Waals surface area contributed by atoms with E-state index in [0.29, 0.717) is 12.0 Å². The highest BCUT2D eigenvalue weighted by atomic mass is 32.2. The molecule has 1 fully saturated rings. The molecule has 3 aromatic heterocycles. The second-order valence-electron chi connectivity index (χ2n) is 5.51. The molecule has 21 heavy (non-hydrogen) atoms. The lowest BCUT2D eigenvalue weighted by atomic mass is 10.2. The zero-order valence-electron chi connectivity index (χ0n) is 11.9. The Labute approximate surface area is 130 Å². The molecule has 7 heteroatoms. The fourth-order valence-corrected chi connectivity index (χ4v) is 4.24. The minimum absolute atomic E-state index is 0.389. The maximum Gasteiger partial charge on any atom is 0.197 e. The van der Waals surface area contributed by atoms with E-state index in [9.17, 15) is 0 Å². The molecule has 3 aromatic rings. The number of hydrogen-bond acceptors (Lipinski definition) is 6. The first kappa shape index (κ1) is 13.2. The van der Waals surface area contributed by atoms with Gasteiger partial charge in [0.2, 0.25) is 0 Å². The molecule has 0 aromatic carbocycles. The maximum atomic E-state index is 4.43. The average Bonchev–Trinajstić information content (AvgIpc) is 3.02. The SMILES string of the molecule is CC(C)c1nnc(Sc2ncnc3ccsc23)n1C1CC1. The van der Waals surface area contributed by atoms with Crippen LogP contribution < -0.4 is 0 Å². The van der Waals surface area contributed by atoms with Crippen molar-refractivity contribution >= 4 is 33.3 Å². The van der Waals surface area contributed by atoms with E-state index in [2.05, 4.69) is 44.0 Å². The van der Waals surface area contributed by atoms with Gasteiger partial charge in [-0.2, -0.15) is 0 Å². The Balaban J connectivity index is 1.76. The molecule has 0 radical (unpaired) electrons. The summed E-state index contributed by atoms with van der Waals surface area (Å²) in [4.78, 5) is 8.72. The Morgan fingerprint density at radius 2 is 2.14 bits per heavy atom. The van der Waals surface area contributed by atoms with Gasteiger partial charge in [-0.1, -0.05) is 13.8 Å². The molecule has 1 saturated carbocycles. The molecule has 0 spiro atoms. The Hall–Kier alpha value is -1.47. The molecule has 0 atom stereocenters. The standard InChI is InChI=1S/C14H15N5S2/c1-8(2)12-17-18-14(19(12)9-3-4-9)21-13-11-10(5-6-20-11)15-7-16-13/h5-9H,3-4H2,1-2H3. The van der Waals surface area contributed by atoms with Gasteiger partial charge in [0.05, 0.1) is 10.2 Å². The summed E-state index contributed by atoms with van der Waals surface area (Å²) in [6.45, 7) is 4.33. The van der Waals surface area contributed by atoms with Gasteiger partial charge in [-0.3, -0.25) is 0 Å². The molecule has 3 heterocycles. The Bertz CT molecular complexity index is 788. The monoisotopic (exact) mass is 317 g/mol. The van der Waals surface area contributed by atoms with Crippen LogP contribution in [0.4, 0.5) is 0 Å². The molecule has 0 N–H and O–H groups in total. The molecule has 0 amide bonds. The third-order valence-corrected chi connectivity index (χ3v) is 5.52. The number of aromatic nitrogens is 5. The third kappa shape index (κ3) is 2.34. The van der Waals surface area contributed by atoms with E-state index in [-0.39, 0.29) is 0 Å². The summed E-state index contributed by atoms with van der Waals surface area (Å²) in [6, 6.07) is 2.59. The summed E-state index contributed by atoms with van der Waals surface area (Å²) in [5, 5.41) is 12.8. The van der Waals surface area contributed by atoms with Gasteiger partial charge in [0.1, 0.15) is 17.2 Å². The number of rotatable bonds is 4. The lowest BCUT2D eigenvalue weighted by Crippen LogP contribution is -2.04. The van der Waals surface area contributed by atoms with E-state index < -0.39 is 0 Å². The highest BCUT2D eigenvalue weighted by Crippen LogP contribution is 2.42. The maximum absolute atomic E-state index is 4.43. The van der Waals surface area contributed by atoms with Crippen LogP contribution in [0.2, 0.25) is 0 Å². The summed E-state index contributed by atoms with van der Waals surface area (Å²) in [5.41, 5.74) is 0.999. The van der Waals surface area contributed by atoms with Crippen LogP contribution in [-0.2, 0) is 0 Å². The van der Waals surface area contributed by atoms with Gasteiger partial charge in [0, 0.05) is 12.0 Å². The van der Waals surface area contributed by atoms with Crippen LogP contribution in [-0.4, -0.2) is 24.7 Å². The molecular formula is C14H15N5S2. The highest BCUT2D eigenvalue weighted by Gasteiger charge is 2.31. The fraction of sp³-hybridized carbons (Fsp3) is 0.429. The smallest absolute Gasteiger partial charge is 0.197 e. The van der Waals surface area contributed by atoms with Crippen LogP contribution in [0.3, 0.4) is 0 Å². The van der Waals surface area contributed by atoms with Gasteiger partial charge >= 0.3 is 0 Å². The second-order valence-corrected chi connectivity index (χ2v) is 7.38. The first-order valence-electron chi connectivity index (χ1n) is 7.05. The number of hydrogen-bond donors (Lipinski definition) is 0. The zero-order chi connectivity index (χ0) is 14.4. The minimum atomic E-state index is 0.389. The summed E-state index contributed by atoms with van der Waals surface area (Å²) in [7, 11) is 0. The molecule has 0 saturated heterocycles. The summed E-state index contributed by atoms with van der Waals surface area (Å²) in [6.07, 6.45) is 4.07. The van der Waals surface area contributed by atoms with E-state index in [1.165, 1.54) is 12.8 Å². The topological polar surface area (TPSA) is 56.5 Å². The normalized spacial score (nSPS) is 15.2. The van der Waals surface area contributed by atoms with Crippen LogP contribution in [0.5, 0.6) is 0 Å². The van der Waals surface area contributed by atoms with Gasteiger partial charge < -0.3 is 4.57 Å². The van der Waals surface area contributed by atoms with Gasteiger partial charge in [-0.05, 0) is 36.0 Å². The number of fused-ring (bicyclic) bond motifs is 1. The van der Waals surface area contributed by atoms with Crippen molar-refractivity contribution in [1.29, 1.82) is 0 Å². The Kier molecular flexibility index (Phi) is 3.19. The molecule has 1 aliphatic rings. The number of nitrogens with zero attached hydrogens (tertiary/aromatic N) is 5. The summed E-state index contributed by atoms with van der Waals surface area (Å²) >= 11 is 3.28. The molecule has 0 unspecified atom stereocenters.